The molecule has 0 unspecified atom stereocenters. The second kappa shape index (κ2) is 9.80. The molecule has 0 amide bonds. The molecule has 0 spiro atoms. The Bertz CT molecular complexity index is 395. The molecule has 104 valence electrons. The summed E-state index contributed by atoms with van der Waals surface area (Å²) in [6, 6.07) is 9.69. The average molecular weight is 279 g/mol. The molecule has 0 aromatic heterocycles. The van der Waals surface area contributed by atoms with Gasteiger partial charge in [0.05, 0.1) is 5.03 Å². The van der Waals surface area contributed by atoms with E-state index in [0.717, 1.165) is 30.3 Å². The fourth-order valence-corrected chi connectivity index (χ4v) is 2.35. The molecule has 1 aromatic rings. The van der Waals surface area contributed by atoms with Gasteiger partial charge in [-0.05, 0) is 18.4 Å². The lowest BCUT2D eigenvalue weighted by Gasteiger charge is -2.05. The molecule has 0 saturated carbocycles. The smallest absolute Gasteiger partial charge is 0.147 e. The number of aldehydes is 1. The minimum Gasteiger partial charge on any atom is -0.298 e. The van der Waals surface area contributed by atoms with Crippen LogP contribution in [0.4, 0.5) is 0 Å². The average Bonchev–Trinajstić information content (AvgIpc) is 2.47. The minimum atomic E-state index is 0.601. The molecule has 2 heteroatoms. The van der Waals surface area contributed by atoms with Crippen LogP contribution < -0.4 is 0 Å². The van der Waals surface area contributed by atoms with Crippen LogP contribution in [0.2, 0.25) is 0 Å². The van der Waals surface area contributed by atoms with Crippen LogP contribution in [0.15, 0.2) is 35.9 Å². The van der Waals surface area contributed by atoms with Gasteiger partial charge < -0.3 is 0 Å². The maximum absolute atomic E-state index is 11.1. The number of rotatable bonds is 9. The van der Waals surface area contributed by atoms with Crippen molar-refractivity contribution in [2.24, 2.45) is 0 Å². The highest BCUT2D eigenvalue weighted by atomic mass is 35.5. The van der Waals surface area contributed by atoms with Crippen molar-refractivity contribution >= 4 is 22.9 Å². The van der Waals surface area contributed by atoms with Crippen LogP contribution in [0, 0.1) is 0 Å². The lowest BCUT2D eigenvalue weighted by Crippen LogP contribution is -1.90. The van der Waals surface area contributed by atoms with E-state index >= 15 is 0 Å². The van der Waals surface area contributed by atoms with Crippen LogP contribution in [0.1, 0.15) is 57.4 Å². The third-order valence-electron chi connectivity index (χ3n) is 3.25. The first-order valence-electron chi connectivity index (χ1n) is 7.18. The summed E-state index contributed by atoms with van der Waals surface area (Å²) in [4.78, 5) is 11.1. The number of hydrogen-bond acceptors (Lipinski definition) is 1. The van der Waals surface area contributed by atoms with Gasteiger partial charge in [-0.3, -0.25) is 4.79 Å². The van der Waals surface area contributed by atoms with Crippen molar-refractivity contribution in [3.63, 3.8) is 0 Å². The number of allylic oxidation sites excluding steroid dienone is 1. The zero-order valence-electron chi connectivity index (χ0n) is 11.7. The molecule has 1 rings (SSSR count). The predicted molar refractivity (Wildman–Crippen MR) is 83.3 cm³/mol. The summed E-state index contributed by atoms with van der Waals surface area (Å²) in [6.45, 7) is 2.22. The highest BCUT2D eigenvalue weighted by Crippen LogP contribution is 2.25. The lowest BCUT2D eigenvalue weighted by molar-refractivity contribution is -0.105. The Kier molecular flexibility index (Phi) is 8.24. The van der Waals surface area contributed by atoms with E-state index in [-0.39, 0.29) is 0 Å². The molecule has 0 aliphatic heterocycles. The van der Waals surface area contributed by atoms with Gasteiger partial charge in [-0.25, -0.2) is 0 Å². The molecule has 0 aliphatic carbocycles. The Labute approximate surface area is 121 Å². The maximum Gasteiger partial charge on any atom is 0.147 e. The van der Waals surface area contributed by atoms with Crippen molar-refractivity contribution in [2.75, 3.05) is 0 Å². The molecule has 1 nitrogen and oxygen atoms in total. The summed E-state index contributed by atoms with van der Waals surface area (Å²) >= 11 is 6.28. The van der Waals surface area contributed by atoms with Crippen LogP contribution >= 0.6 is 11.6 Å². The Morgan fingerprint density at radius 3 is 2.32 bits per heavy atom. The quantitative estimate of drug-likeness (QED) is 0.327. The highest BCUT2D eigenvalue weighted by molar-refractivity contribution is 6.50. The van der Waals surface area contributed by atoms with Crippen LogP contribution in [0.25, 0.3) is 5.03 Å². The van der Waals surface area contributed by atoms with Crippen LogP contribution in [-0.2, 0) is 4.79 Å². The van der Waals surface area contributed by atoms with Gasteiger partial charge in [-0.1, -0.05) is 81.0 Å². The minimum absolute atomic E-state index is 0.601. The van der Waals surface area contributed by atoms with Crippen molar-refractivity contribution < 1.29 is 4.79 Å². The van der Waals surface area contributed by atoms with Gasteiger partial charge in [-0.15, -0.1) is 0 Å². The molecule has 0 radical (unpaired) electrons. The molecule has 0 atom stereocenters. The maximum atomic E-state index is 11.1. The molecule has 0 N–H and O–H groups in total. The Balaban J connectivity index is 2.46. The van der Waals surface area contributed by atoms with Crippen LogP contribution in [0.3, 0.4) is 0 Å². The Hall–Kier alpha value is -1.08. The van der Waals surface area contributed by atoms with Gasteiger partial charge in [0, 0.05) is 5.57 Å². The summed E-state index contributed by atoms with van der Waals surface area (Å²) in [5, 5.41) is 0.601. The zero-order chi connectivity index (χ0) is 13.9. The first kappa shape index (κ1) is 16.0. The van der Waals surface area contributed by atoms with Gasteiger partial charge in [0.15, 0.2) is 0 Å². The number of halogens is 1. The molecule has 0 fully saturated rings. The van der Waals surface area contributed by atoms with Gasteiger partial charge in [0.25, 0.3) is 0 Å². The Morgan fingerprint density at radius 1 is 1.05 bits per heavy atom. The Morgan fingerprint density at radius 2 is 1.68 bits per heavy atom. The van der Waals surface area contributed by atoms with E-state index in [1.807, 2.05) is 30.3 Å². The van der Waals surface area contributed by atoms with Gasteiger partial charge in [-0.2, -0.15) is 0 Å². The van der Waals surface area contributed by atoms with E-state index < -0.39 is 0 Å². The third kappa shape index (κ3) is 6.07. The number of hydrogen-bond donors (Lipinski definition) is 0. The highest BCUT2D eigenvalue weighted by Gasteiger charge is 2.06. The molecule has 0 heterocycles. The van der Waals surface area contributed by atoms with Gasteiger partial charge in [0.2, 0.25) is 0 Å². The fraction of sp³-hybridized carbons (Fsp3) is 0.471. The SMILES string of the molecule is CCCCCCCCC(C=O)=C(Cl)c1ccccc1. The van der Waals surface area contributed by atoms with Gasteiger partial charge in [0.1, 0.15) is 6.29 Å². The van der Waals surface area contributed by atoms with Crippen LogP contribution in [0.5, 0.6) is 0 Å². The second-order valence-corrected chi connectivity index (χ2v) is 5.22. The number of carbonyl (C=O) groups excluding carboxylic acids is 1. The topological polar surface area (TPSA) is 17.1 Å². The van der Waals surface area contributed by atoms with Crippen molar-refractivity contribution in [3.8, 4) is 0 Å². The number of benzene rings is 1. The van der Waals surface area contributed by atoms with Crippen molar-refractivity contribution in [1.29, 1.82) is 0 Å². The number of unbranched alkanes of at least 4 members (excludes halogenated alkanes) is 5. The first-order valence-corrected chi connectivity index (χ1v) is 7.56. The lowest BCUT2D eigenvalue weighted by atomic mass is 10.0. The standard InChI is InChI=1S/C17H23ClO/c1-2-3-4-5-6-8-13-16(14-19)17(18)15-11-9-7-10-12-15/h7,9-12,14H,2-6,8,13H2,1H3. The predicted octanol–water partition coefficient (Wildman–Crippen LogP) is 5.59. The normalized spacial score (nSPS) is 12.1. The van der Waals surface area contributed by atoms with E-state index in [0.29, 0.717) is 5.03 Å². The zero-order valence-corrected chi connectivity index (χ0v) is 12.5. The summed E-state index contributed by atoms with van der Waals surface area (Å²) in [5.74, 6) is 0. The van der Waals surface area contributed by atoms with E-state index in [9.17, 15) is 4.79 Å². The van der Waals surface area contributed by atoms with E-state index in [2.05, 4.69) is 6.92 Å². The summed E-state index contributed by atoms with van der Waals surface area (Å²) in [6.07, 6.45) is 9.02. The van der Waals surface area contributed by atoms with Crippen molar-refractivity contribution in [2.45, 2.75) is 51.9 Å². The third-order valence-corrected chi connectivity index (χ3v) is 3.71. The molecule has 0 saturated heterocycles. The molecule has 0 bridgehead atoms. The first-order chi connectivity index (χ1) is 9.29. The number of carbonyl (C=O) groups is 1. The molecular weight excluding hydrogens is 256 g/mol. The summed E-state index contributed by atoms with van der Waals surface area (Å²) in [7, 11) is 0. The fourth-order valence-electron chi connectivity index (χ4n) is 2.09. The van der Waals surface area contributed by atoms with Crippen molar-refractivity contribution in [3.05, 3.63) is 41.5 Å². The summed E-state index contributed by atoms with van der Waals surface area (Å²) in [5.41, 5.74) is 1.65. The van der Waals surface area contributed by atoms with E-state index in [1.165, 1.54) is 32.1 Å². The molecule has 19 heavy (non-hydrogen) atoms. The largest absolute Gasteiger partial charge is 0.298 e. The molecule has 1 aromatic carbocycles. The monoisotopic (exact) mass is 278 g/mol. The van der Waals surface area contributed by atoms with Gasteiger partial charge >= 0.3 is 0 Å². The molecular formula is C17H23ClO. The molecule has 0 aliphatic rings. The van der Waals surface area contributed by atoms with Crippen molar-refractivity contribution in [1.82, 2.24) is 0 Å². The van der Waals surface area contributed by atoms with Crippen LogP contribution in [-0.4, -0.2) is 6.29 Å². The summed E-state index contributed by atoms with van der Waals surface area (Å²) < 4.78 is 0. The second-order valence-electron chi connectivity index (χ2n) is 4.84. The van der Waals surface area contributed by atoms with E-state index in [1.54, 1.807) is 0 Å². The van der Waals surface area contributed by atoms with E-state index in [4.69, 9.17) is 11.6 Å².